The van der Waals surface area contributed by atoms with E-state index in [1.54, 1.807) is 18.4 Å². The number of nitrogens with zero attached hydrogens (tertiary/aromatic N) is 6. The van der Waals surface area contributed by atoms with Gasteiger partial charge in [0.15, 0.2) is 10.9 Å². The van der Waals surface area contributed by atoms with E-state index in [0.717, 1.165) is 44.0 Å². The minimum absolute atomic E-state index is 0.381. The molecule has 0 unspecified atom stereocenters. The molecule has 0 radical (unpaired) electrons. The van der Waals surface area contributed by atoms with Crippen molar-refractivity contribution in [3.63, 3.8) is 0 Å². The van der Waals surface area contributed by atoms with Crippen molar-refractivity contribution < 1.29 is 13.6 Å². The van der Waals surface area contributed by atoms with Gasteiger partial charge in [0.05, 0.1) is 25.2 Å². The third-order valence-electron chi connectivity index (χ3n) is 3.83. The first-order chi connectivity index (χ1) is 12.3. The Labute approximate surface area is 148 Å². The topological polar surface area (TPSA) is 95.2 Å². The van der Waals surface area contributed by atoms with Gasteiger partial charge in [-0.15, -0.1) is 20.4 Å². The van der Waals surface area contributed by atoms with E-state index in [0.29, 0.717) is 23.3 Å². The first kappa shape index (κ1) is 16.2. The second-order valence-electron chi connectivity index (χ2n) is 5.39. The summed E-state index contributed by atoms with van der Waals surface area (Å²) in [5, 5.41) is 17.6. The molecule has 0 spiro atoms. The molecule has 9 nitrogen and oxygen atoms in total. The van der Waals surface area contributed by atoms with E-state index in [9.17, 15) is 0 Å². The van der Waals surface area contributed by atoms with Crippen LogP contribution >= 0.6 is 11.8 Å². The summed E-state index contributed by atoms with van der Waals surface area (Å²) in [5.41, 5.74) is 0. The summed E-state index contributed by atoms with van der Waals surface area (Å²) >= 11 is 1.52. The SMILES string of the molecule is CCn1c(SCc2nnc(-c3ccco3)o2)nnc1N1CCOCC1. The number of hydrogen-bond acceptors (Lipinski definition) is 9. The monoisotopic (exact) mass is 362 g/mol. The molecular formula is C15H18N6O3S. The molecule has 0 amide bonds. The van der Waals surface area contributed by atoms with E-state index in [-0.39, 0.29) is 0 Å². The van der Waals surface area contributed by atoms with Crippen molar-refractivity contribution in [2.75, 3.05) is 31.2 Å². The lowest BCUT2D eigenvalue weighted by atomic mass is 10.4. The Balaban J connectivity index is 1.45. The number of furan rings is 1. The summed E-state index contributed by atoms with van der Waals surface area (Å²) in [6.45, 7) is 5.98. The Bertz CT molecular complexity index is 809. The average molecular weight is 362 g/mol. The molecule has 25 heavy (non-hydrogen) atoms. The predicted molar refractivity (Wildman–Crippen MR) is 90.3 cm³/mol. The number of rotatable bonds is 6. The fourth-order valence-corrected chi connectivity index (χ4v) is 3.43. The number of thioether (sulfide) groups is 1. The third kappa shape index (κ3) is 3.40. The maximum Gasteiger partial charge on any atom is 0.283 e. The van der Waals surface area contributed by atoms with Crippen LogP contribution in [0.2, 0.25) is 0 Å². The van der Waals surface area contributed by atoms with Gasteiger partial charge in [-0.05, 0) is 19.1 Å². The molecule has 0 saturated carbocycles. The molecule has 1 aliphatic rings. The molecule has 132 valence electrons. The maximum absolute atomic E-state index is 5.63. The minimum Gasteiger partial charge on any atom is -0.459 e. The Morgan fingerprint density at radius 1 is 1.16 bits per heavy atom. The predicted octanol–water partition coefficient (Wildman–Crippen LogP) is 2.07. The Morgan fingerprint density at radius 2 is 2.04 bits per heavy atom. The Kier molecular flexibility index (Phi) is 4.70. The quantitative estimate of drug-likeness (QED) is 0.611. The smallest absolute Gasteiger partial charge is 0.283 e. The number of hydrogen-bond donors (Lipinski definition) is 0. The molecule has 10 heteroatoms. The van der Waals surface area contributed by atoms with Crippen LogP contribution in [0.3, 0.4) is 0 Å². The zero-order valence-electron chi connectivity index (χ0n) is 13.8. The van der Waals surface area contributed by atoms with Gasteiger partial charge in [-0.1, -0.05) is 11.8 Å². The molecule has 1 aliphatic heterocycles. The van der Waals surface area contributed by atoms with Gasteiger partial charge in [0.2, 0.25) is 11.8 Å². The third-order valence-corrected chi connectivity index (χ3v) is 4.78. The van der Waals surface area contributed by atoms with Crippen molar-refractivity contribution in [2.24, 2.45) is 0 Å². The highest BCUT2D eigenvalue weighted by atomic mass is 32.2. The van der Waals surface area contributed by atoms with Crippen LogP contribution in [0.5, 0.6) is 0 Å². The van der Waals surface area contributed by atoms with Crippen LogP contribution in [0.1, 0.15) is 12.8 Å². The van der Waals surface area contributed by atoms with Crippen molar-refractivity contribution in [1.82, 2.24) is 25.0 Å². The normalized spacial score (nSPS) is 15.0. The lowest BCUT2D eigenvalue weighted by molar-refractivity contribution is 0.121. The molecule has 0 atom stereocenters. The lowest BCUT2D eigenvalue weighted by Crippen LogP contribution is -2.38. The van der Waals surface area contributed by atoms with Crippen molar-refractivity contribution in [2.45, 2.75) is 24.4 Å². The van der Waals surface area contributed by atoms with E-state index >= 15 is 0 Å². The highest BCUT2D eigenvalue weighted by molar-refractivity contribution is 7.98. The molecule has 4 heterocycles. The van der Waals surface area contributed by atoms with Crippen LogP contribution in [-0.4, -0.2) is 51.3 Å². The van der Waals surface area contributed by atoms with Gasteiger partial charge in [-0.3, -0.25) is 4.57 Å². The number of morpholine rings is 1. The van der Waals surface area contributed by atoms with Gasteiger partial charge in [0.25, 0.3) is 5.89 Å². The number of aromatic nitrogens is 5. The average Bonchev–Trinajstić information content (AvgIpc) is 3.39. The highest BCUT2D eigenvalue weighted by Gasteiger charge is 2.20. The first-order valence-corrected chi connectivity index (χ1v) is 9.08. The van der Waals surface area contributed by atoms with E-state index in [1.807, 2.05) is 0 Å². The van der Waals surface area contributed by atoms with Gasteiger partial charge in [0.1, 0.15) is 0 Å². The molecule has 3 aromatic heterocycles. The molecule has 0 aliphatic carbocycles. The van der Waals surface area contributed by atoms with Gasteiger partial charge in [0, 0.05) is 19.6 Å². The van der Waals surface area contributed by atoms with Crippen LogP contribution in [0.4, 0.5) is 5.95 Å². The summed E-state index contributed by atoms with van der Waals surface area (Å²) in [5.74, 6) is 2.88. The molecule has 3 aromatic rings. The van der Waals surface area contributed by atoms with Crippen molar-refractivity contribution in [1.29, 1.82) is 0 Å². The van der Waals surface area contributed by atoms with Crippen LogP contribution in [0.15, 0.2) is 32.4 Å². The zero-order chi connectivity index (χ0) is 17.1. The maximum atomic E-state index is 5.63. The summed E-state index contributed by atoms with van der Waals surface area (Å²) in [4.78, 5) is 2.20. The van der Waals surface area contributed by atoms with E-state index in [2.05, 4.69) is 36.8 Å². The molecule has 1 fully saturated rings. The molecule has 0 bridgehead atoms. The zero-order valence-corrected chi connectivity index (χ0v) is 14.6. The highest BCUT2D eigenvalue weighted by Crippen LogP contribution is 2.26. The molecular weight excluding hydrogens is 344 g/mol. The molecule has 4 rings (SSSR count). The second-order valence-corrected chi connectivity index (χ2v) is 6.34. The van der Waals surface area contributed by atoms with Crippen molar-refractivity contribution in [3.8, 4) is 11.7 Å². The number of ether oxygens (including phenoxy) is 1. The number of anilines is 1. The fourth-order valence-electron chi connectivity index (χ4n) is 2.60. The lowest BCUT2D eigenvalue weighted by Gasteiger charge is -2.27. The Morgan fingerprint density at radius 3 is 2.80 bits per heavy atom. The largest absolute Gasteiger partial charge is 0.459 e. The summed E-state index contributed by atoms with van der Waals surface area (Å²) in [7, 11) is 0. The second kappa shape index (κ2) is 7.28. The van der Waals surface area contributed by atoms with Crippen molar-refractivity contribution in [3.05, 3.63) is 24.3 Å². The van der Waals surface area contributed by atoms with E-state index < -0.39 is 0 Å². The van der Waals surface area contributed by atoms with Gasteiger partial charge < -0.3 is 18.5 Å². The van der Waals surface area contributed by atoms with Crippen LogP contribution in [0.25, 0.3) is 11.7 Å². The van der Waals surface area contributed by atoms with Gasteiger partial charge >= 0.3 is 0 Å². The van der Waals surface area contributed by atoms with E-state index in [1.165, 1.54) is 11.8 Å². The van der Waals surface area contributed by atoms with Crippen LogP contribution < -0.4 is 4.90 Å². The Hall–Kier alpha value is -2.33. The summed E-state index contributed by atoms with van der Waals surface area (Å²) in [6, 6.07) is 3.57. The van der Waals surface area contributed by atoms with Crippen LogP contribution in [-0.2, 0) is 17.0 Å². The summed E-state index contributed by atoms with van der Waals surface area (Å²) in [6.07, 6.45) is 1.57. The summed E-state index contributed by atoms with van der Waals surface area (Å²) < 4.78 is 18.4. The minimum atomic E-state index is 0.381. The van der Waals surface area contributed by atoms with Crippen LogP contribution in [0, 0.1) is 0 Å². The molecule has 0 N–H and O–H groups in total. The van der Waals surface area contributed by atoms with Gasteiger partial charge in [-0.25, -0.2) is 0 Å². The molecule has 1 saturated heterocycles. The van der Waals surface area contributed by atoms with Gasteiger partial charge in [-0.2, -0.15) is 0 Å². The first-order valence-electron chi connectivity index (χ1n) is 8.10. The van der Waals surface area contributed by atoms with E-state index in [4.69, 9.17) is 13.6 Å². The fraction of sp³-hybridized carbons (Fsp3) is 0.467. The standard InChI is InChI=1S/C15H18N6O3S/c1-2-21-14(20-5-8-22-9-6-20)18-19-15(21)25-10-12-16-17-13(24-12)11-4-3-7-23-11/h3-4,7H,2,5-6,8-10H2,1H3. The molecule has 0 aromatic carbocycles. The van der Waals surface area contributed by atoms with Crippen molar-refractivity contribution >= 4 is 17.7 Å².